The number of aromatic nitrogens is 1. The average Bonchev–Trinajstić information content (AvgIpc) is 3.36. The van der Waals surface area contributed by atoms with Crippen LogP contribution in [0.25, 0.3) is 0 Å². The van der Waals surface area contributed by atoms with Gasteiger partial charge in [-0.3, -0.25) is 19.3 Å². The zero-order valence-corrected chi connectivity index (χ0v) is 19.7. The minimum Gasteiger partial charge on any atom is -0.437 e. The summed E-state index contributed by atoms with van der Waals surface area (Å²) in [5, 5.41) is 2.67. The predicted octanol–water partition coefficient (Wildman–Crippen LogP) is 5.23. The third kappa shape index (κ3) is 5.11. The Morgan fingerprint density at radius 3 is 2.39 bits per heavy atom. The quantitative estimate of drug-likeness (QED) is 0.356. The Kier molecular flexibility index (Phi) is 7.12. The Labute approximate surface area is 210 Å². The number of halogens is 2. The molecular weight excluding hydrogens is 487 g/mol. The third-order valence-corrected chi connectivity index (χ3v) is 5.77. The summed E-state index contributed by atoms with van der Waals surface area (Å²) in [6.07, 6.45) is 0.984. The summed E-state index contributed by atoms with van der Waals surface area (Å²) >= 11 is 5.98. The molecule has 182 valence electrons. The normalized spacial score (nSPS) is 11.5. The van der Waals surface area contributed by atoms with Crippen molar-refractivity contribution in [2.45, 2.75) is 13.0 Å². The van der Waals surface area contributed by atoms with Crippen molar-refractivity contribution in [3.63, 3.8) is 0 Å². The summed E-state index contributed by atoms with van der Waals surface area (Å²) in [7, 11) is 0. The van der Waals surface area contributed by atoms with Crippen LogP contribution in [0.2, 0.25) is 5.02 Å². The highest BCUT2D eigenvalue weighted by molar-refractivity contribution is 6.34. The Morgan fingerprint density at radius 1 is 1.06 bits per heavy atom. The largest absolute Gasteiger partial charge is 0.437 e. The molecule has 8 nitrogen and oxygen atoms in total. The number of primary amides is 1. The van der Waals surface area contributed by atoms with Crippen molar-refractivity contribution in [1.82, 2.24) is 4.98 Å². The maximum absolute atomic E-state index is 13.5. The summed E-state index contributed by atoms with van der Waals surface area (Å²) in [6, 6.07) is 18.8. The number of carbonyl (C=O) groups excluding carboxylic acids is 3. The summed E-state index contributed by atoms with van der Waals surface area (Å²) < 4.78 is 18.3. The van der Waals surface area contributed by atoms with E-state index in [1.165, 1.54) is 11.0 Å². The fourth-order valence-electron chi connectivity index (χ4n) is 3.66. The first-order chi connectivity index (χ1) is 17.3. The van der Waals surface area contributed by atoms with Crippen molar-refractivity contribution in [2.24, 2.45) is 5.73 Å². The van der Waals surface area contributed by atoms with E-state index in [4.69, 9.17) is 21.8 Å². The van der Waals surface area contributed by atoms with E-state index in [-0.39, 0.29) is 22.0 Å². The zero-order chi connectivity index (χ0) is 25.8. The molecular formula is C26H20ClFN4O4. The van der Waals surface area contributed by atoms with Crippen molar-refractivity contribution in [3.8, 4) is 0 Å². The number of hydrogen-bond acceptors (Lipinski definition) is 5. The molecule has 1 atom stereocenters. The summed E-state index contributed by atoms with van der Waals surface area (Å²) in [4.78, 5) is 43.2. The zero-order valence-electron chi connectivity index (χ0n) is 18.9. The molecule has 1 aromatic heterocycles. The van der Waals surface area contributed by atoms with Gasteiger partial charge >= 0.3 is 0 Å². The van der Waals surface area contributed by atoms with Gasteiger partial charge in [0, 0.05) is 11.4 Å². The van der Waals surface area contributed by atoms with Crippen molar-refractivity contribution >= 4 is 40.7 Å². The van der Waals surface area contributed by atoms with Crippen molar-refractivity contribution in [2.75, 3.05) is 10.2 Å². The molecule has 3 amide bonds. The van der Waals surface area contributed by atoms with E-state index in [2.05, 4.69) is 10.3 Å². The van der Waals surface area contributed by atoms with Crippen molar-refractivity contribution < 1.29 is 23.2 Å². The number of benzene rings is 3. The van der Waals surface area contributed by atoms with Crippen LogP contribution in [0.15, 0.2) is 83.6 Å². The van der Waals surface area contributed by atoms with Gasteiger partial charge in [-0.2, -0.15) is 0 Å². The third-order valence-electron chi connectivity index (χ3n) is 5.46. The Balaban J connectivity index is 1.65. The molecule has 4 rings (SSSR count). The lowest BCUT2D eigenvalue weighted by Crippen LogP contribution is -2.35. The number of nitrogens with two attached hydrogens (primary N) is 1. The first kappa shape index (κ1) is 24.6. The van der Waals surface area contributed by atoms with Crippen LogP contribution >= 0.6 is 11.6 Å². The summed E-state index contributed by atoms with van der Waals surface area (Å²) in [5.41, 5.74) is 6.96. The number of hydrogen-bond donors (Lipinski definition) is 2. The van der Waals surface area contributed by atoms with Crippen LogP contribution in [-0.4, -0.2) is 22.7 Å². The van der Waals surface area contributed by atoms with Gasteiger partial charge in [0.05, 0.1) is 16.6 Å². The van der Waals surface area contributed by atoms with E-state index in [1.54, 1.807) is 24.3 Å². The average molecular weight is 507 g/mol. The van der Waals surface area contributed by atoms with Gasteiger partial charge in [0.2, 0.25) is 5.76 Å². The van der Waals surface area contributed by atoms with Gasteiger partial charge in [0.15, 0.2) is 12.1 Å². The Morgan fingerprint density at radius 2 is 1.75 bits per heavy atom. The molecule has 0 radical (unpaired) electrons. The van der Waals surface area contributed by atoms with E-state index >= 15 is 0 Å². The van der Waals surface area contributed by atoms with E-state index in [0.29, 0.717) is 11.4 Å². The lowest BCUT2D eigenvalue weighted by atomic mass is 10.0. The van der Waals surface area contributed by atoms with Gasteiger partial charge in [-0.05, 0) is 55.0 Å². The summed E-state index contributed by atoms with van der Waals surface area (Å²) in [5.74, 6) is -2.92. The molecule has 0 aliphatic carbocycles. The van der Waals surface area contributed by atoms with Gasteiger partial charge in [-0.25, -0.2) is 9.37 Å². The van der Waals surface area contributed by atoms with Crippen LogP contribution in [0.3, 0.4) is 0 Å². The predicted molar refractivity (Wildman–Crippen MR) is 132 cm³/mol. The fraction of sp³-hybridized carbons (Fsp3) is 0.0769. The van der Waals surface area contributed by atoms with Crippen LogP contribution in [-0.2, 0) is 0 Å². The molecule has 0 aliphatic heterocycles. The minimum absolute atomic E-state index is 0.0181. The first-order valence-corrected chi connectivity index (χ1v) is 11.1. The molecule has 4 aromatic rings. The molecule has 10 heteroatoms. The van der Waals surface area contributed by atoms with Gasteiger partial charge in [0.1, 0.15) is 5.82 Å². The number of amides is 3. The maximum Gasteiger partial charge on any atom is 0.287 e. The SMILES string of the molecule is CC(c1ccccc1)N(C(=O)c1ncoc1C(N)=O)c1ccc(NC(=O)c2ccc(F)cc2Cl)cc1. The monoisotopic (exact) mass is 506 g/mol. The lowest BCUT2D eigenvalue weighted by Gasteiger charge is -2.29. The second-order valence-electron chi connectivity index (χ2n) is 7.78. The fourth-order valence-corrected chi connectivity index (χ4v) is 3.92. The first-order valence-electron chi connectivity index (χ1n) is 10.7. The number of carbonyl (C=O) groups is 3. The van der Waals surface area contributed by atoms with Crippen molar-refractivity contribution in [1.29, 1.82) is 0 Å². The van der Waals surface area contributed by atoms with Gasteiger partial charge in [-0.1, -0.05) is 41.9 Å². The highest BCUT2D eigenvalue weighted by Crippen LogP contribution is 2.30. The van der Waals surface area contributed by atoms with E-state index < -0.39 is 29.6 Å². The molecule has 1 unspecified atom stereocenters. The van der Waals surface area contributed by atoms with Crippen LogP contribution in [0, 0.1) is 5.82 Å². The second-order valence-corrected chi connectivity index (χ2v) is 8.19. The highest BCUT2D eigenvalue weighted by Gasteiger charge is 2.30. The van der Waals surface area contributed by atoms with Gasteiger partial charge in [-0.15, -0.1) is 0 Å². The van der Waals surface area contributed by atoms with E-state index in [9.17, 15) is 18.8 Å². The number of anilines is 2. The molecule has 0 bridgehead atoms. The van der Waals surface area contributed by atoms with Crippen LogP contribution in [0.1, 0.15) is 49.9 Å². The summed E-state index contributed by atoms with van der Waals surface area (Å²) in [6.45, 7) is 1.82. The molecule has 0 saturated carbocycles. The molecule has 0 aliphatic rings. The molecule has 0 fully saturated rings. The molecule has 0 saturated heterocycles. The van der Waals surface area contributed by atoms with E-state index in [0.717, 1.165) is 24.1 Å². The minimum atomic E-state index is -0.916. The van der Waals surface area contributed by atoms with E-state index in [1.807, 2.05) is 37.3 Å². The second kappa shape index (κ2) is 10.4. The van der Waals surface area contributed by atoms with Gasteiger partial charge in [0.25, 0.3) is 17.7 Å². The Bertz CT molecular complexity index is 1420. The van der Waals surface area contributed by atoms with Gasteiger partial charge < -0.3 is 15.5 Å². The van der Waals surface area contributed by atoms with Crippen LogP contribution in [0.5, 0.6) is 0 Å². The maximum atomic E-state index is 13.5. The van der Waals surface area contributed by atoms with Crippen LogP contribution in [0.4, 0.5) is 15.8 Å². The molecule has 3 N–H and O–H groups in total. The molecule has 3 aromatic carbocycles. The Hall–Kier alpha value is -4.50. The smallest absolute Gasteiger partial charge is 0.287 e. The molecule has 1 heterocycles. The number of nitrogens with zero attached hydrogens (tertiary/aromatic N) is 2. The topological polar surface area (TPSA) is 119 Å². The lowest BCUT2D eigenvalue weighted by molar-refractivity contribution is 0.0936. The number of nitrogens with one attached hydrogen (secondary N) is 1. The van der Waals surface area contributed by atoms with Crippen LogP contribution < -0.4 is 16.0 Å². The number of rotatable bonds is 7. The highest BCUT2D eigenvalue weighted by atomic mass is 35.5. The molecule has 36 heavy (non-hydrogen) atoms. The van der Waals surface area contributed by atoms with Crippen molar-refractivity contribution in [3.05, 3.63) is 113 Å². The molecule has 0 spiro atoms. The number of oxazole rings is 1. The standard InChI is InChI=1S/C26H20ClFN4O4/c1-15(16-5-3-2-4-6-16)32(26(35)22-23(24(29)33)36-14-30-22)19-10-8-18(9-11-19)31-25(34)20-12-7-17(28)13-21(20)27/h2-15H,1H3,(H2,29,33)(H,31,34).